The molecular formula is C7H12N4O7. The smallest absolute Gasteiger partial charge is 0.360 e. The number of hydrogen-bond donors (Lipinski definition) is 5. The molecule has 0 rings (SSSR count). The van der Waals surface area contributed by atoms with Crippen molar-refractivity contribution in [2.45, 2.75) is 18.9 Å². The lowest BCUT2D eigenvalue weighted by molar-refractivity contribution is -0.160. The summed E-state index contributed by atoms with van der Waals surface area (Å²) in [6, 6.07) is -2.20. The average Bonchev–Trinajstić information content (AvgIpc) is 2.30. The Morgan fingerprint density at radius 1 is 1.06 bits per heavy atom. The molecule has 0 bridgehead atoms. The van der Waals surface area contributed by atoms with Gasteiger partial charge >= 0.3 is 24.0 Å². The summed E-state index contributed by atoms with van der Waals surface area (Å²) in [6.07, 6.45) is -2.41. The Kier molecular flexibility index (Phi) is 6.58. The Morgan fingerprint density at radius 2 is 1.56 bits per heavy atom. The van der Waals surface area contributed by atoms with Crippen molar-refractivity contribution in [1.29, 1.82) is 0 Å². The van der Waals surface area contributed by atoms with E-state index < -0.39 is 36.5 Å². The highest BCUT2D eigenvalue weighted by Crippen LogP contribution is 2.00. The lowest BCUT2D eigenvalue weighted by Crippen LogP contribution is -2.36. The van der Waals surface area contributed by atoms with Crippen LogP contribution >= 0.6 is 0 Å². The summed E-state index contributed by atoms with van der Waals surface area (Å²) in [7, 11) is 0. The largest absolute Gasteiger partial charge is 0.381 e. The number of carbonyl (C=O) groups is 4. The van der Waals surface area contributed by atoms with Gasteiger partial charge in [-0.25, -0.2) is 19.2 Å². The number of carbonyl (C=O) groups excluding carboxylic acids is 4. The Bertz CT molecular complexity index is 345. The number of primary amides is 2. The van der Waals surface area contributed by atoms with Crippen LogP contribution in [0, 0.1) is 0 Å². The maximum atomic E-state index is 10.9. The van der Waals surface area contributed by atoms with Crippen LogP contribution in [0.1, 0.15) is 12.8 Å². The fourth-order valence-corrected chi connectivity index (χ4v) is 0.699. The zero-order chi connectivity index (χ0) is 14.1. The molecule has 1 atom stereocenters. The average molecular weight is 264 g/mol. The summed E-state index contributed by atoms with van der Waals surface area (Å²) in [4.78, 5) is 50.3. The van der Waals surface area contributed by atoms with Crippen molar-refractivity contribution in [1.82, 2.24) is 11.0 Å². The molecule has 0 heterocycles. The molecule has 0 spiro atoms. The molecule has 0 aliphatic heterocycles. The molecule has 18 heavy (non-hydrogen) atoms. The third-order valence-corrected chi connectivity index (χ3v) is 1.41. The van der Waals surface area contributed by atoms with Crippen LogP contribution in [-0.4, -0.2) is 35.2 Å². The summed E-state index contributed by atoms with van der Waals surface area (Å²) < 4.78 is 0. The summed E-state index contributed by atoms with van der Waals surface area (Å²) in [5.41, 5.74) is 12.3. The first-order chi connectivity index (χ1) is 8.32. The van der Waals surface area contributed by atoms with Crippen molar-refractivity contribution in [2.75, 3.05) is 0 Å². The topological polar surface area (TPSA) is 183 Å². The number of nitrogens with two attached hydrogens (primary N) is 2. The molecule has 0 saturated heterocycles. The molecule has 0 aliphatic rings. The van der Waals surface area contributed by atoms with Gasteiger partial charge in [-0.1, -0.05) is 0 Å². The second kappa shape index (κ2) is 7.67. The normalized spacial score (nSPS) is 10.9. The maximum absolute atomic E-state index is 10.9. The van der Waals surface area contributed by atoms with Crippen molar-refractivity contribution in [2.24, 2.45) is 11.5 Å². The molecule has 0 aromatic rings. The fraction of sp³-hybridized carbons (Fsp3) is 0.429. The fourth-order valence-electron chi connectivity index (χ4n) is 0.699. The first kappa shape index (κ1) is 15.4. The van der Waals surface area contributed by atoms with Gasteiger partial charge in [0.1, 0.15) is 0 Å². The minimum Gasteiger partial charge on any atom is -0.381 e. The molecule has 1 unspecified atom stereocenters. The lowest BCUT2D eigenvalue weighted by atomic mass is 10.2. The van der Waals surface area contributed by atoms with E-state index in [-0.39, 0.29) is 6.42 Å². The van der Waals surface area contributed by atoms with E-state index in [1.54, 1.807) is 5.48 Å². The van der Waals surface area contributed by atoms with Crippen LogP contribution < -0.4 is 22.4 Å². The van der Waals surface area contributed by atoms with E-state index in [2.05, 4.69) is 21.1 Å². The first-order valence-electron chi connectivity index (χ1n) is 4.52. The highest BCUT2D eigenvalue weighted by molar-refractivity contribution is 5.79. The Labute approximate surface area is 100 Å². The Hall–Kier alpha value is -2.56. The highest BCUT2D eigenvalue weighted by Gasteiger charge is 2.19. The van der Waals surface area contributed by atoms with E-state index in [4.69, 9.17) is 0 Å². The second-order valence-corrected chi connectivity index (χ2v) is 2.88. The number of hydrogen-bond acceptors (Lipinski definition) is 7. The predicted molar refractivity (Wildman–Crippen MR) is 52.9 cm³/mol. The highest BCUT2D eigenvalue weighted by atomic mass is 16.7. The van der Waals surface area contributed by atoms with Crippen LogP contribution in [0.5, 0.6) is 0 Å². The SMILES string of the molecule is NC(=O)NOC(=O)CCC(O)C(=O)ONC(N)=O. The van der Waals surface area contributed by atoms with Crippen LogP contribution in [0.3, 0.4) is 0 Å². The zero-order valence-corrected chi connectivity index (χ0v) is 9.04. The van der Waals surface area contributed by atoms with Crippen molar-refractivity contribution in [3.05, 3.63) is 0 Å². The van der Waals surface area contributed by atoms with E-state index >= 15 is 0 Å². The molecule has 11 heteroatoms. The number of urea groups is 2. The molecule has 0 fully saturated rings. The number of amides is 4. The molecule has 0 radical (unpaired) electrons. The lowest BCUT2D eigenvalue weighted by Gasteiger charge is -2.09. The second-order valence-electron chi connectivity index (χ2n) is 2.88. The van der Waals surface area contributed by atoms with Crippen molar-refractivity contribution in [3.8, 4) is 0 Å². The quantitative estimate of drug-likeness (QED) is 0.344. The van der Waals surface area contributed by atoms with Crippen LogP contribution in [0.25, 0.3) is 0 Å². The predicted octanol–water partition coefficient (Wildman–Crippen LogP) is -2.62. The van der Waals surface area contributed by atoms with Gasteiger partial charge in [-0.3, -0.25) is 0 Å². The van der Waals surface area contributed by atoms with E-state index in [1.807, 2.05) is 0 Å². The van der Waals surface area contributed by atoms with E-state index in [1.165, 1.54) is 5.48 Å². The molecule has 0 saturated carbocycles. The van der Waals surface area contributed by atoms with Gasteiger partial charge in [-0.2, -0.15) is 11.0 Å². The van der Waals surface area contributed by atoms with Crippen LogP contribution in [-0.2, 0) is 19.3 Å². The van der Waals surface area contributed by atoms with Crippen molar-refractivity contribution >= 4 is 24.0 Å². The van der Waals surface area contributed by atoms with Crippen molar-refractivity contribution in [3.63, 3.8) is 0 Å². The molecule has 7 N–H and O–H groups in total. The number of nitrogens with one attached hydrogen (secondary N) is 2. The number of aliphatic hydroxyl groups is 1. The molecule has 0 aromatic carbocycles. The minimum absolute atomic E-state index is 0.349. The summed E-state index contributed by atoms with van der Waals surface area (Å²) in [5.74, 6) is -2.13. The zero-order valence-electron chi connectivity index (χ0n) is 9.04. The van der Waals surface area contributed by atoms with Gasteiger partial charge < -0.3 is 26.2 Å². The van der Waals surface area contributed by atoms with Gasteiger partial charge in [-0.05, 0) is 6.42 Å². The van der Waals surface area contributed by atoms with Crippen LogP contribution in [0.15, 0.2) is 0 Å². The molecule has 11 nitrogen and oxygen atoms in total. The molecular weight excluding hydrogens is 252 g/mol. The van der Waals surface area contributed by atoms with E-state index in [0.29, 0.717) is 0 Å². The van der Waals surface area contributed by atoms with Gasteiger partial charge in [0.15, 0.2) is 6.10 Å². The minimum atomic E-state index is -1.67. The molecule has 4 amide bonds. The monoisotopic (exact) mass is 264 g/mol. The van der Waals surface area contributed by atoms with Gasteiger partial charge in [0, 0.05) is 0 Å². The van der Waals surface area contributed by atoms with Gasteiger partial charge in [0.05, 0.1) is 6.42 Å². The number of hydroxylamine groups is 2. The molecule has 102 valence electrons. The number of aliphatic hydroxyl groups excluding tert-OH is 1. The van der Waals surface area contributed by atoms with E-state index in [9.17, 15) is 24.3 Å². The van der Waals surface area contributed by atoms with Crippen LogP contribution in [0.4, 0.5) is 9.59 Å². The van der Waals surface area contributed by atoms with E-state index in [0.717, 1.165) is 0 Å². The summed E-state index contributed by atoms with van der Waals surface area (Å²) in [5, 5.41) is 9.17. The Balaban J connectivity index is 3.84. The summed E-state index contributed by atoms with van der Waals surface area (Å²) in [6.45, 7) is 0. The van der Waals surface area contributed by atoms with Crippen molar-refractivity contribution < 1.29 is 34.0 Å². The molecule has 0 aromatic heterocycles. The third-order valence-electron chi connectivity index (χ3n) is 1.41. The van der Waals surface area contributed by atoms with Crippen LogP contribution in [0.2, 0.25) is 0 Å². The first-order valence-corrected chi connectivity index (χ1v) is 4.52. The Morgan fingerprint density at radius 3 is 2.06 bits per heavy atom. The maximum Gasteiger partial charge on any atom is 0.360 e. The van der Waals surface area contributed by atoms with Gasteiger partial charge in [0.2, 0.25) is 0 Å². The number of rotatable bonds is 4. The molecule has 0 aliphatic carbocycles. The third kappa shape index (κ3) is 7.70. The van der Waals surface area contributed by atoms with Gasteiger partial charge in [-0.15, -0.1) is 0 Å². The van der Waals surface area contributed by atoms with Gasteiger partial charge in [0.25, 0.3) is 0 Å². The standard InChI is InChI=1S/C7H12N4O7/c8-6(15)10-17-4(13)2-1-3(12)5(14)18-11-7(9)16/h3,12H,1-2H2,(H3,8,10,15)(H3,9,11,16). The summed E-state index contributed by atoms with van der Waals surface area (Å²) >= 11 is 0.